The van der Waals surface area contributed by atoms with Crippen molar-refractivity contribution < 1.29 is 13.9 Å². The lowest BCUT2D eigenvalue weighted by atomic mass is 10.1. The number of aromatic nitrogens is 1. The molecule has 0 saturated carbocycles. The Bertz CT molecular complexity index is 943. The third-order valence-corrected chi connectivity index (χ3v) is 3.87. The summed E-state index contributed by atoms with van der Waals surface area (Å²) >= 11 is 0. The van der Waals surface area contributed by atoms with Gasteiger partial charge in [-0.25, -0.2) is 9.37 Å². The van der Waals surface area contributed by atoms with Crippen molar-refractivity contribution in [3.63, 3.8) is 0 Å². The van der Waals surface area contributed by atoms with Crippen molar-refractivity contribution in [2.24, 2.45) is 0 Å². The molecule has 0 atom stereocenters. The molecule has 0 radical (unpaired) electrons. The monoisotopic (exact) mass is 379 g/mol. The van der Waals surface area contributed by atoms with Crippen LogP contribution in [0.2, 0.25) is 0 Å². The summed E-state index contributed by atoms with van der Waals surface area (Å²) < 4.78 is 19.4. The van der Waals surface area contributed by atoms with E-state index in [9.17, 15) is 9.18 Å². The van der Waals surface area contributed by atoms with Gasteiger partial charge in [0.05, 0.1) is 30.1 Å². The van der Waals surface area contributed by atoms with Gasteiger partial charge in [0.15, 0.2) is 0 Å². The highest BCUT2D eigenvalue weighted by molar-refractivity contribution is 5.92. The number of para-hydroxylation sites is 2. The van der Waals surface area contributed by atoms with E-state index in [0.29, 0.717) is 17.1 Å². The van der Waals surface area contributed by atoms with E-state index < -0.39 is 5.82 Å². The first-order valence-electron chi connectivity index (χ1n) is 9.03. The number of carbonyl (C=O) groups is 1. The summed E-state index contributed by atoms with van der Waals surface area (Å²) in [5, 5.41) is 5.93. The minimum atomic E-state index is -0.391. The second-order valence-corrected chi connectivity index (χ2v) is 6.54. The van der Waals surface area contributed by atoms with Crippen LogP contribution in [0, 0.1) is 5.82 Å². The molecule has 2 N–H and O–H groups in total. The topological polar surface area (TPSA) is 63.2 Å². The Morgan fingerprint density at radius 2 is 1.82 bits per heavy atom. The predicted octanol–water partition coefficient (Wildman–Crippen LogP) is 4.93. The Kier molecular flexibility index (Phi) is 6.22. The molecule has 0 bridgehead atoms. The molecule has 0 aliphatic rings. The van der Waals surface area contributed by atoms with E-state index in [1.807, 2.05) is 38.1 Å². The zero-order chi connectivity index (χ0) is 19.9. The average Bonchev–Trinajstić information content (AvgIpc) is 2.66. The van der Waals surface area contributed by atoms with Crippen LogP contribution in [-0.2, 0) is 11.2 Å². The number of amides is 1. The smallest absolute Gasteiger partial charge is 0.228 e. The van der Waals surface area contributed by atoms with E-state index >= 15 is 0 Å². The Labute approximate surface area is 163 Å². The van der Waals surface area contributed by atoms with Crippen LogP contribution < -0.4 is 15.4 Å². The quantitative estimate of drug-likeness (QED) is 0.611. The minimum absolute atomic E-state index is 0.0351. The molecule has 0 aliphatic heterocycles. The number of hydrogen-bond acceptors (Lipinski definition) is 4. The van der Waals surface area contributed by atoms with Crippen LogP contribution in [0.4, 0.5) is 21.6 Å². The van der Waals surface area contributed by atoms with Gasteiger partial charge in [0.1, 0.15) is 17.4 Å². The van der Waals surface area contributed by atoms with E-state index in [0.717, 1.165) is 11.4 Å². The third-order valence-electron chi connectivity index (χ3n) is 3.87. The molecule has 6 heteroatoms. The van der Waals surface area contributed by atoms with Gasteiger partial charge in [-0.1, -0.05) is 30.3 Å². The highest BCUT2D eigenvalue weighted by Gasteiger charge is 2.09. The van der Waals surface area contributed by atoms with Crippen molar-refractivity contribution in [1.82, 2.24) is 4.98 Å². The summed E-state index contributed by atoms with van der Waals surface area (Å²) in [7, 11) is 0. The summed E-state index contributed by atoms with van der Waals surface area (Å²) in [5.74, 6) is 0.661. The minimum Gasteiger partial charge on any atom is -0.489 e. The Morgan fingerprint density at radius 1 is 1.07 bits per heavy atom. The van der Waals surface area contributed by atoms with E-state index in [2.05, 4.69) is 15.6 Å². The van der Waals surface area contributed by atoms with Gasteiger partial charge in [-0.15, -0.1) is 0 Å². The number of pyridine rings is 1. The SMILES string of the molecule is CC(C)Oc1ccccc1Nc1ccc(NC(=O)Cc2ccccc2F)cn1. The molecule has 0 spiro atoms. The molecule has 5 nitrogen and oxygen atoms in total. The van der Waals surface area contributed by atoms with E-state index in [-0.39, 0.29) is 18.4 Å². The highest BCUT2D eigenvalue weighted by atomic mass is 19.1. The maximum Gasteiger partial charge on any atom is 0.228 e. The third kappa shape index (κ3) is 5.30. The molecule has 3 aromatic rings. The number of anilines is 3. The number of nitrogens with one attached hydrogen (secondary N) is 2. The van der Waals surface area contributed by atoms with Gasteiger partial charge in [-0.05, 0) is 49.7 Å². The van der Waals surface area contributed by atoms with Crippen LogP contribution in [0.1, 0.15) is 19.4 Å². The van der Waals surface area contributed by atoms with Crippen LogP contribution in [0.3, 0.4) is 0 Å². The van der Waals surface area contributed by atoms with Crippen molar-refractivity contribution in [3.05, 3.63) is 78.2 Å². The number of carbonyl (C=O) groups excluding carboxylic acids is 1. The summed E-state index contributed by atoms with van der Waals surface area (Å²) in [6.45, 7) is 3.93. The van der Waals surface area contributed by atoms with Crippen molar-refractivity contribution >= 4 is 23.1 Å². The zero-order valence-electron chi connectivity index (χ0n) is 15.8. The molecule has 28 heavy (non-hydrogen) atoms. The summed E-state index contributed by atoms with van der Waals surface area (Å²) in [6, 6.07) is 17.3. The molecule has 0 saturated heterocycles. The maximum absolute atomic E-state index is 13.6. The number of halogens is 1. The van der Waals surface area contributed by atoms with Gasteiger partial charge < -0.3 is 15.4 Å². The summed E-state index contributed by atoms with van der Waals surface area (Å²) in [5.41, 5.74) is 1.70. The van der Waals surface area contributed by atoms with Crippen molar-refractivity contribution in [2.75, 3.05) is 10.6 Å². The Hall–Kier alpha value is -3.41. The molecular weight excluding hydrogens is 357 g/mol. The second-order valence-electron chi connectivity index (χ2n) is 6.54. The molecule has 2 aromatic carbocycles. The molecule has 0 unspecified atom stereocenters. The first kappa shape index (κ1) is 19.4. The molecule has 1 aromatic heterocycles. The first-order valence-corrected chi connectivity index (χ1v) is 9.03. The molecule has 1 amide bonds. The largest absolute Gasteiger partial charge is 0.489 e. The molecule has 144 valence electrons. The van der Waals surface area contributed by atoms with Gasteiger partial charge in [-0.2, -0.15) is 0 Å². The fourth-order valence-electron chi connectivity index (χ4n) is 2.63. The fourth-order valence-corrected chi connectivity index (χ4v) is 2.63. The lowest BCUT2D eigenvalue weighted by Gasteiger charge is -2.15. The van der Waals surface area contributed by atoms with Gasteiger partial charge in [0, 0.05) is 0 Å². The summed E-state index contributed by atoms with van der Waals surface area (Å²) in [4.78, 5) is 16.4. The molecule has 1 heterocycles. The van der Waals surface area contributed by atoms with Crippen molar-refractivity contribution in [2.45, 2.75) is 26.4 Å². The lowest BCUT2D eigenvalue weighted by Crippen LogP contribution is -2.15. The number of ether oxygens (including phenoxy) is 1. The maximum atomic E-state index is 13.6. The predicted molar refractivity (Wildman–Crippen MR) is 108 cm³/mol. The zero-order valence-corrected chi connectivity index (χ0v) is 15.8. The lowest BCUT2D eigenvalue weighted by molar-refractivity contribution is -0.115. The van der Waals surface area contributed by atoms with Gasteiger partial charge in [-0.3, -0.25) is 4.79 Å². The normalized spacial score (nSPS) is 10.6. The Balaban J connectivity index is 1.63. The van der Waals surface area contributed by atoms with Gasteiger partial charge in [0.2, 0.25) is 5.91 Å². The highest BCUT2D eigenvalue weighted by Crippen LogP contribution is 2.27. The van der Waals surface area contributed by atoms with Gasteiger partial charge in [0.25, 0.3) is 0 Å². The van der Waals surface area contributed by atoms with E-state index in [4.69, 9.17) is 4.74 Å². The summed E-state index contributed by atoms with van der Waals surface area (Å²) in [6.07, 6.45) is 1.57. The van der Waals surface area contributed by atoms with Crippen LogP contribution in [0.15, 0.2) is 66.9 Å². The van der Waals surface area contributed by atoms with Crippen LogP contribution >= 0.6 is 0 Å². The number of benzene rings is 2. The van der Waals surface area contributed by atoms with Crippen molar-refractivity contribution in [3.8, 4) is 5.75 Å². The molecular formula is C22H22FN3O2. The Morgan fingerprint density at radius 3 is 2.54 bits per heavy atom. The van der Waals surface area contributed by atoms with Crippen LogP contribution in [0.25, 0.3) is 0 Å². The van der Waals surface area contributed by atoms with Gasteiger partial charge >= 0.3 is 0 Å². The first-order chi connectivity index (χ1) is 13.5. The molecule has 0 fully saturated rings. The van der Waals surface area contributed by atoms with Crippen molar-refractivity contribution in [1.29, 1.82) is 0 Å². The number of rotatable bonds is 7. The molecule has 0 aliphatic carbocycles. The second kappa shape index (κ2) is 8.99. The fraction of sp³-hybridized carbons (Fsp3) is 0.182. The van der Waals surface area contributed by atoms with Crippen LogP contribution in [0.5, 0.6) is 5.75 Å². The average molecular weight is 379 g/mol. The number of nitrogens with zero attached hydrogens (tertiary/aromatic N) is 1. The number of hydrogen-bond donors (Lipinski definition) is 2. The standard InChI is InChI=1S/C22H22FN3O2/c1-15(2)28-20-10-6-5-9-19(20)26-21-12-11-17(14-24-21)25-22(27)13-16-7-3-4-8-18(16)23/h3-12,14-15H,13H2,1-2H3,(H,24,26)(H,25,27). The van der Waals surface area contributed by atoms with Crippen LogP contribution in [-0.4, -0.2) is 17.0 Å². The van der Waals surface area contributed by atoms with E-state index in [1.54, 1.807) is 36.5 Å². The van der Waals surface area contributed by atoms with E-state index in [1.165, 1.54) is 6.07 Å². The molecule has 3 rings (SSSR count).